The molecule has 160 valence electrons. The first-order valence-corrected chi connectivity index (χ1v) is 11.9. The highest BCUT2D eigenvalue weighted by Crippen LogP contribution is 2.32. The molecule has 0 unspecified atom stereocenters. The van der Waals surface area contributed by atoms with Crippen LogP contribution < -0.4 is 14.4 Å². The summed E-state index contributed by atoms with van der Waals surface area (Å²) < 4.78 is 31.5. The number of rotatable bonds is 5. The van der Waals surface area contributed by atoms with Crippen molar-refractivity contribution in [2.45, 2.75) is 19.8 Å². The van der Waals surface area contributed by atoms with E-state index in [4.69, 9.17) is 4.74 Å². The average molecular weight is 437 g/mol. The fourth-order valence-electron chi connectivity index (χ4n) is 3.64. The minimum absolute atomic E-state index is 0.278. The van der Waals surface area contributed by atoms with E-state index in [9.17, 15) is 13.2 Å². The van der Waals surface area contributed by atoms with Crippen LogP contribution in [0.4, 0.5) is 11.4 Å². The highest BCUT2D eigenvalue weighted by molar-refractivity contribution is 7.92. The molecule has 3 aromatic rings. The van der Waals surface area contributed by atoms with Gasteiger partial charge in [-0.3, -0.25) is 9.10 Å². The van der Waals surface area contributed by atoms with Gasteiger partial charge >= 0.3 is 0 Å². The molecule has 4 rings (SSSR count). The number of benzene rings is 3. The lowest BCUT2D eigenvalue weighted by Gasteiger charge is -2.29. The van der Waals surface area contributed by atoms with Gasteiger partial charge in [0.1, 0.15) is 5.75 Å². The fourth-order valence-corrected chi connectivity index (χ4v) is 4.63. The second-order valence-electron chi connectivity index (χ2n) is 7.65. The van der Waals surface area contributed by atoms with Crippen molar-refractivity contribution >= 4 is 27.3 Å². The van der Waals surface area contributed by atoms with Crippen molar-refractivity contribution in [1.29, 1.82) is 0 Å². The first-order chi connectivity index (χ1) is 14.8. The molecule has 1 heterocycles. The van der Waals surface area contributed by atoms with E-state index in [1.165, 1.54) is 10.6 Å². The maximum Gasteiger partial charge on any atom is 0.255 e. The molecule has 0 saturated carbocycles. The number of para-hydroxylation sites is 2. The van der Waals surface area contributed by atoms with Crippen LogP contribution in [0.5, 0.6) is 11.5 Å². The number of sulfonamides is 1. The molecule has 31 heavy (non-hydrogen) atoms. The van der Waals surface area contributed by atoms with Gasteiger partial charge < -0.3 is 10.1 Å². The van der Waals surface area contributed by atoms with Crippen molar-refractivity contribution in [2.24, 2.45) is 0 Å². The predicted molar refractivity (Wildman–Crippen MR) is 123 cm³/mol. The second kappa shape index (κ2) is 8.43. The van der Waals surface area contributed by atoms with Crippen molar-refractivity contribution < 1.29 is 17.9 Å². The summed E-state index contributed by atoms with van der Waals surface area (Å²) in [6.45, 7) is 2.47. The molecule has 0 aromatic heterocycles. The Morgan fingerprint density at radius 1 is 1.03 bits per heavy atom. The summed E-state index contributed by atoms with van der Waals surface area (Å²) in [7, 11) is -3.34. The van der Waals surface area contributed by atoms with Gasteiger partial charge in [0.15, 0.2) is 5.75 Å². The molecule has 7 heteroatoms. The average Bonchev–Trinajstić information content (AvgIpc) is 2.75. The molecule has 0 saturated heterocycles. The number of anilines is 2. The van der Waals surface area contributed by atoms with Crippen LogP contribution in [0.1, 0.15) is 27.9 Å². The van der Waals surface area contributed by atoms with E-state index in [-0.39, 0.29) is 5.91 Å². The molecule has 3 aromatic carbocycles. The molecule has 6 nitrogen and oxygen atoms in total. The number of fused-ring (bicyclic) bond motifs is 1. The van der Waals surface area contributed by atoms with E-state index >= 15 is 0 Å². The third-order valence-corrected chi connectivity index (χ3v) is 6.38. The summed E-state index contributed by atoms with van der Waals surface area (Å²) in [6, 6.07) is 20.1. The van der Waals surface area contributed by atoms with Crippen molar-refractivity contribution in [3.8, 4) is 11.5 Å². The first kappa shape index (κ1) is 20.9. The number of nitrogens with zero attached hydrogens (tertiary/aromatic N) is 1. The number of ether oxygens (including phenoxy) is 1. The number of carbonyl (C=O) groups excluding carboxylic acids is 1. The number of hydrogen-bond donors (Lipinski definition) is 1. The summed E-state index contributed by atoms with van der Waals surface area (Å²) in [4.78, 5) is 12.9. The van der Waals surface area contributed by atoms with Gasteiger partial charge in [0.2, 0.25) is 10.0 Å². The van der Waals surface area contributed by atoms with Crippen LogP contribution in [0, 0.1) is 6.92 Å². The van der Waals surface area contributed by atoms with E-state index < -0.39 is 10.0 Å². The van der Waals surface area contributed by atoms with Gasteiger partial charge in [-0.1, -0.05) is 29.8 Å². The Morgan fingerprint density at radius 2 is 1.77 bits per heavy atom. The van der Waals surface area contributed by atoms with E-state index in [0.29, 0.717) is 35.0 Å². The van der Waals surface area contributed by atoms with Crippen molar-refractivity contribution in [3.63, 3.8) is 0 Å². The van der Waals surface area contributed by atoms with Gasteiger partial charge in [0.25, 0.3) is 5.91 Å². The lowest BCUT2D eigenvalue weighted by molar-refractivity contribution is 0.102. The Kier molecular flexibility index (Phi) is 5.69. The zero-order valence-corrected chi connectivity index (χ0v) is 18.3. The summed E-state index contributed by atoms with van der Waals surface area (Å²) in [5.41, 5.74) is 3.67. The summed E-state index contributed by atoms with van der Waals surface area (Å²) in [6.07, 6.45) is 2.65. The van der Waals surface area contributed by atoms with Crippen molar-refractivity contribution in [3.05, 3.63) is 83.4 Å². The number of amides is 1. The molecular formula is C24H24N2O4S. The summed E-state index contributed by atoms with van der Waals surface area (Å²) >= 11 is 0. The lowest BCUT2D eigenvalue weighted by Crippen LogP contribution is -2.34. The molecule has 0 atom stereocenters. The van der Waals surface area contributed by atoms with Gasteiger partial charge in [0, 0.05) is 12.1 Å². The van der Waals surface area contributed by atoms with E-state index in [1.807, 2.05) is 43.3 Å². The lowest BCUT2D eigenvalue weighted by atomic mass is 10.0. The van der Waals surface area contributed by atoms with Crippen molar-refractivity contribution in [1.82, 2.24) is 0 Å². The highest BCUT2D eigenvalue weighted by atomic mass is 32.2. The van der Waals surface area contributed by atoms with E-state index in [0.717, 1.165) is 24.0 Å². The smallest absolute Gasteiger partial charge is 0.255 e. The quantitative estimate of drug-likeness (QED) is 0.626. The molecular weight excluding hydrogens is 412 g/mol. The number of hydrogen-bond acceptors (Lipinski definition) is 4. The Labute approximate surface area is 182 Å². The van der Waals surface area contributed by atoms with Crippen LogP contribution in [0.25, 0.3) is 0 Å². The minimum atomic E-state index is -3.34. The molecule has 0 bridgehead atoms. The SMILES string of the molecule is Cc1ccc(Oc2ccccc2NC(=O)c2ccc3c(c2)CCCN3S(C)(=O)=O)cc1. The highest BCUT2D eigenvalue weighted by Gasteiger charge is 2.24. The molecule has 0 radical (unpaired) electrons. The standard InChI is InChI=1S/C24H24N2O4S/c1-17-9-12-20(13-10-17)30-23-8-4-3-7-21(23)25-24(27)19-11-14-22-18(16-19)6-5-15-26(22)31(2,28)29/h3-4,7-14,16H,5-6,15H2,1-2H3,(H,25,27). The normalized spacial score (nSPS) is 13.4. The molecule has 0 spiro atoms. The maximum atomic E-state index is 12.9. The van der Waals surface area contributed by atoms with Crippen LogP contribution in [-0.4, -0.2) is 27.1 Å². The molecule has 0 fully saturated rings. The molecule has 1 N–H and O–H groups in total. The van der Waals surface area contributed by atoms with E-state index in [2.05, 4.69) is 5.32 Å². The van der Waals surface area contributed by atoms with Crippen LogP contribution in [-0.2, 0) is 16.4 Å². The second-order valence-corrected chi connectivity index (χ2v) is 9.55. The first-order valence-electron chi connectivity index (χ1n) is 10.1. The fraction of sp³-hybridized carbons (Fsp3) is 0.208. The molecule has 1 amide bonds. The van der Waals surface area contributed by atoms with Crippen molar-refractivity contribution in [2.75, 3.05) is 22.4 Å². The third kappa shape index (κ3) is 4.72. The Morgan fingerprint density at radius 3 is 2.52 bits per heavy atom. The molecule has 0 aliphatic carbocycles. The number of aryl methyl sites for hydroxylation is 2. The van der Waals surface area contributed by atoms with Gasteiger partial charge in [-0.15, -0.1) is 0 Å². The van der Waals surface area contributed by atoms with Gasteiger partial charge in [-0.25, -0.2) is 8.42 Å². The molecule has 1 aliphatic rings. The van der Waals surface area contributed by atoms with Crippen LogP contribution in [0.2, 0.25) is 0 Å². The van der Waals surface area contributed by atoms with Crippen LogP contribution in [0.3, 0.4) is 0 Å². The van der Waals surface area contributed by atoms with Gasteiger partial charge in [-0.2, -0.15) is 0 Å². The zero-order chi connectivity index (χ0) is 22.0. The largest absolute Gasteiger partial charge is 0.455 e. The van der Waals surface area contributed by atoms with Gasteiger partial charge in [0.05, 0.1) is 17.6 Å². The maximum absolute atomic E-state index is 12.9. The number of nitrogens with one attached hydrogen (secondary N) is 1. The van der Waals surface area contributed by atoms with Crippen LogP contribution >= 0.6 is 0 Å². The van der Waals surface area contributed by atoms with Crippen LogP contribution in [0.15, 0.2) is 66.7 Å². The topological polar surface area (TPSA) is 75.7 Å². The predicted octanol–water partition coefficient (Wildman–Crippen LogP) is 4.75. The Hall–Kier alpha value is -3.32. The monoisotopic (exact) mass is 436 g/mol. The third-order valence-electron chi connectivity index (χ3n) is 5.20. The Balaban J connectivity index is 1.56. The molecule has 1 aliphatic heterocycles. The minimum Gasteiger partial charge on any atom is -0.455 e. The summed E-state index contributed by atoms with van der Waals surface area (Å²) in [5.74, 6) is 0.946. The zero-order valence-electron chi connectivity index (χ0n) is 17.5. The Bertz CT molecular complexity index is 1220. The summed E-state index contributed by atoms with van der Waals surface area (Å²) in [5, 5.41) is 2.91. The van der Waals surface area contributed by atoms with Gasteiger partial charge in [-0.05, 0) is 67.8 Å². The van der Waals surface area contributed by atoms with E-state index in [1.54, 1.807) is 30.3 Å². The number of carbonyl (C=O) groups is 1.